The third-order valence-electron chi connectivity index (χ3n) is 4.10. The molecule has 1 heterocycles. The summed E-state index contributed by atoms with van der Waals surface area (Å²) >= 11 is 6.44. The van der Waals surface area contributed by atoms with Crippen LogP contribution in [0.5, 0.6) is 17.2 Å². The van der Waals surface area contributed by atoms with Gasteiger partial charge in [-0.3, -0.25) is 9.69 Å². The summed E-state index contributed by atoms with van der Waals surface area (Å²) in [5.74, 6) is 1.93. The summed E-state index contributed by atoms with van der Waals surface area (Å²) in [6.45, 7) is 2.84. The minimum atomic E-state index is -0.0949. The largest absolute Gasteiger partial charge is 0.493 e. The Hall–Kier alpha value is -2.51. The summed E-state index contributed by atoms with van der Waals surface area (Å²) in [4.78, 5) is 14.2. The van der Waals surface area contributed by atoms with Crippen molar-refractivity contribution < 1.29 is 19.0 Å². The van der Waals surface area contributed by atoms with Gasteiger partial charge in [0.05, 0.1) is 12.0 Å². The standard InChI is InChI=1S/C21H21NO4S2/c1-14-4-7-16(8-5-14)25-10-11-26-17-9-6-15(12-18(17)24-3)13-19-20(23)22(2)21(27)28-19/h4-9,12-13H,10-11H2,1-3H3/b19-13-. The van der Waals surface area contributed by atoms with Crippen LogP contribution in [-0.2, 0) is 4.79 Å². The maximum Gasteiger partial charge on any atom is 0.265 e. The normalized spacial score (nSPS) is 15.2. The van der Waals surface area contributed by atoms with E-state index >= 15 is 0 Å². The summed E-state index contributed by atoms with van der Waals surface area (Å²) in [6, 6.07) is 13.4. The fourth-order valence-electron chi connectivity index (χ4n) is 2.54. The van der Waals surface area contributed by atoms with E-state index in [0.29, 0.717) is 33.9 Å². The lowest BCUT2D eigenvalue weighted by molar-refractivity contribution is -0.121. The third-order valence-corrected chi connectivity index (χ3v) is 5.59. The van der Waals surface area contributed by atoms with Gasteiger partial charge in [0.25, 0.3) is 5.91 Å². The molecule has 3 rings (SSSR count). The van der Waals surface area contributed by atoms with Crippen molar-refractivity contribution in [3.05, 3.63) is 58.5 Å². The average Bonchev–Trinajstić information content (AvgIpc) is 2.94. The molecule has 0 radical (unpaired) electrons. The number of ether oxygens (including phenoxy) is 3. The number of nitrogens with zero attached hydrogens (tertiary/aromatic N) is 1. The van der Waals surface area contributed by atoms with Gasteiger partial charge in [0.1, 0.15) is 23.3 Å². The summed E-state index contributed by atoms with van der Waals surface area (Å²) < 4.78 is 17.4. The highest BCUT2D eigenvalue weighted by atomic mass is 32.2. The van der Waals surface area contributed by atoms with Crippen molar-refractivity contribution in [2.24, 2.45) is 0 Å². The lowest BCUT2D eigenvalue weighted by Crippen LogP contribution is -2.22. The molecule has 0 saturated carbocycles. The summed E-state index contributed by atoms with van der Waals surface area (Å²) in [7, 11) is 3.26. The molecule has 1 saturated heterocycles. The first-order valence-electron chi connectivity index (χ1n) is 8.70. The van der Waals surface area contributed by atoms with Crippen molar-refractivity contribution in [2.45, 2.75) is 6.92 Å². The Balaban J connectivity index is 1.61. The number of hydrogen-bond acceptors (Lipinski definition) is 6. The van der Waals surface area contributed by atoms with Crippen LogP contribution in [0.2, 0.25) is 0 Å². The molecule has 0 N–H and O–H groups in total. The molecule has 2 aromatic rings. The zero-order valence-electron chi connectivity index (χ0n) is 15.9. The van der Waals surface area contributed by atoms with E-state index in [4.69, 9.17) is 26.4 Å². The fourth-order valence-corrected chi connectivity index (χ4v) is 3.72. The summed E-state index contributed by atoms with van der Waals surface area (Å²) in [5, 5.41) is 0. The molecule has 0 aromatic heterocycles. The molecule has 1 fully saturated rings. The maximum absolute atomic E-state index is 12.1. The van der Waals surface area contributed by atoms with Gasteiger partial charge in [0.15, 0.2) is 11.5 Å². The van der Waals surface area contributed by atoms with Crippen molar-refractivity contribution in [2.75, 3.05) is 27.4 Å². The van der Waals surface area contributed by atoms with Crippen LogP contribution in [0.1, 0.15) is 11.1 Å². The number of amides is 1. The molecule has 1 aliphatic rings. The topological polar surface area (TPSA) is 48.0 Å². The summed E-state index contributed by atoms with van der Waals surface area (Å²) in [5.41, 5.74) is 2.03. The van der Waals surface area contributed by atoms with Crippen LogP contribution in [0.15, 0.2) is 47.4 Å². The molecular formula is C21H21NO4S2. The number of hydrogen-bond donors (Lipinski definition) is 0. The first-order valence-corrected chi connectivity index (χ1v) is 9.92. The highest BCUT2D eigenvalue weighted by Crippen LogP contribution is 2.34. The van der Waals surface area contributed by atoms with Crippen LogP contribution in [-0.4, -0.2) is 42.5 Å². The number of benzene rings is 2. The number of rotatable bonds is 7. The molecule has 0 aliphatic carbocycles. The smallest absolute Gasteiger partial charge is 0.265 e. The Morgan fingerprint density at radius 2 is 1.79 bits per heavy atom. The molecule has 0 spiro atoms. The molecule has 2 aromatic carbocycles. The van der Waals surface area contributed by atoms with Gasteiger partial charge in [0.2, 0.25) is 0 Å². The second-order valence-corrected chi connectivity index (χ2v) is 7.84. The van der Waals surface area contributed by atoms with Gasteiger partial charge in [-0.2, -0.15) is 0 Å². The first-order chi connectivity index (χ1) is 13.5. The van der Waals surface area contributed by atoms with Gasteiger partial charge < -0.3 is 14.2 Å². The van der Waals surface area contributed by atoms with Crippen LogP contribution < -0.4 is 14.2 Å². The van der Waals surface area contributed by atoms with E-state index in [1.54, 1.807) is 20.2 Å². The molecule has 0 atom stereocenters. The third kappa shape index (κ3) is 4.85. The van der Waals surface area contributed by atoms with Crippen molar-refractivity contribution in [3.63, 3.8) is 0 Å². The van der Waals surface area contributed by atoms with Crippen LogP contribution in [0.25, 0.3) is 6.08 Å². The minimum Gasteiger partial charge on any atom is -0.493 e. The van der Waals surface area contributed by atoms with Gasteiger partial charge in [-0.15, -0.1) is 0 Å². The molecule has 1 aliphatic heterocycles. The van der Waals surface area contributed by atoms with Crippen LogP contribution >= 0.6 is 24.0 Å². The quantitative estimate of drug-likeness (QED) is 0.382. The first kappa shape index (κ1) is 20.2. The maximum atomic E-state index is 12.1. The van der Waals surface area contributed by atoms with Crippen molar-refractivity contribution >= 4 is 40.3 Å². The van der Waals surface area contributed by atoms with Crippen molar-refractivity contribution in [1.29, 1.82) is 0 Å². The average molecular weight is 416 g/mol. The second-order valence-electron chi connectivity index (χ2n) is 6.16. The Kier molecular flexibility index (Phi) is 6.59. The van der Waals surface area contributed by atoms with E-state index in [1.807, 2.05) is 49.4 Å². The number of thiocarbonyl (C=S) groups is 1. The van der Waals surface area contributed by atoms with E-state index in [2.05, 4.69) is 0 Å². The van der Waals surface area contributed by atoms with Crippen molar-refractivity contribution in [3.8, 4) is 17.2 Å². The number of thioether (sulfide) groups is 1. The lowest BCUT2D eigenvalue weighted by Gasteiger charge is -2.12. The molecule has 146 valence electrons. The predicted octanol–water partition coefficient (Wildman–Crippen LogP) is 4.29. The van der Waals surface area contributed by atoms with E-state index < -0.39 is 0 Å². The molecule has 0 unspecified atom stereocenters. The van der Waals surface area contributed by atoms with Gasteiger partial charge in [-0.25, -0.2) is 0 Å². The Morgan fingerprint density at radius 3 is 2.43 bits per heavy atom. The molecule has 0 bridgehead atoms. The number of likely N-dealkylation sites (N-methyl/N-ethyl adjacent to an activating group) is 1. The van der Waals surface area contributed by atoms with Gasteiger partial charge in [0, 0.05) is 7.05 Å². The molecule has 1 amide bonds. The minimum absolute atomic E-state index is 0.0949. The molecule has 7 heteroatoms. The highest BCUT2D eigenvalue weighted by Gasteiger charge is 2.28. The molecule has 5 nitrogen and oxygen atoms in total. The highest BCUT2D eigenvalue weighted by molar-refractivity contribution is 8.26. The number of carbonyl (C=O) groups is 1. The lowest BCUT2D eigenvalue weighted by atomic mass is 10.2. The van der Waals surface area contributed by atoms with E-state index in [9.17, 15) is 4.79 Å². The van der Waals surface area contributed by atoms with E-state index in [0.717, 1.165) is 11.3 Å². The van der Waals surface area contributed by atoms with Crippen LogP contribution in [0.3, 0.4) is 0 Å². The van der Waals surface area contributed by atoms with Crippen LogP contribution in [0.4, 0.5) is 0 Å². The Bertz CT molecular complexity index is 909. The fraction of sp³-hybridized carbons (Fsp3) is 0.238. The Morgan fingerprint density at radius 1 is 1.07 bits per heavy atom. The number of aryl methyl sites for hydroxylation is 1. The predicted molar refractivity (Wildman–Crippen MR) is 116 cm³/mol. The van der Waals surface area contributed by atoms with E-state index in [1.165, 1.54) is 22.2 Å². The number of carbonyl (C=O) groups excluding carboxylic acids is 1. The zero-order chi connectivity index (χ0) is 20.1. The Labute approximate surface area is 174 Å². The summed E-state index contributed by atoms with van der Waals surface area (Å²) in [6.07, 6.45) is 1.80. The van der Waals surface area contributed by atoms with Gasteiger partial charge >= 0.3 is 0 Å². The van der Waals surface area contributed by atoms with Gasteiger partial charge in [-0.1, -0.05) is 47.7 Å². The second kappa shape index (κ2) is 9.12. The van der Waals surface area contributed by atoms with Crippen LogP contribution in [0, 0.1) is 6.92 Å². The monoisotopic (exact) mass is 415 g/mol. The SMILES string of the molecule is COc1cc(/C=C2\SC(=S)N(C)C2=O)ccc1OCCOc1ccc(C)cc1. The molecule has 28 heavy (non-hydrogen) atoms. The molecular weight excluding hydrogens is 394 g/mol. The van der Waals surface area contributed by atoms with Crippen molar-refractivity contribution in [1.82, 2.24) is 4.90 Å². The van der Waals surface area contributed by atoms with Gasteiger partial charge in [-0.05, 0) is 42.8 Å². The zero-order valence-corrected chi connectivity index (χ0v) is 17.6. The number of methoxy groups -OCH3 is 1. The van der Waals surface area contributed by atoms with E-state index in [-0.39, 0.29) is 5.91 Å².